The van der Waals surface area contributed by atoms with Crippen LogP contribution in [0.3, 0.4) is 0 Å². The maximum atomic E-state index is 13.7. The fraction of sp³-hybridized carbons (Fsp3) is 0.385. The van der Waals surface area contributed by atoms with E-state index >= 15 is 0 Å². The number of hydrogen-bond acceptors (Lipinski definition) is 6. The van der Waals surface area contributed by atoms with Gasteiger partial charge in [-0.3, -0.25) is 9.50 Å². The van der Waals surface area contributed by atoms with E-state index in [0.717, 1.165) is 50.1 Å². The lowest BCUT2D eigenvalue weighted by Gasteiger charge is -2.61. The van der Waals surface area contributed by atoms with Crippen molar-refractivity contribution >= 4 is 35.1 Å². The Balaban J connectivity index is 1.05. The van der Waals surface area contributed by atoms with Gasteiger partial charge in [-0.1, -0.05) is 11.6 Å². The fourth-order valence-corrected chi connectivity index (χ4v) is 6.08. The van der Waals surface area contributed by atoms with Gasteiger partial charge in [-0.05, 0) is 62.6 Å². The summed E-state index contributed by atoms with van der Waals surface area (Å²) in [6, 6.07) is 8.27. The third-order valence-corrected chi connectivity index (χ3v) is 8.24. The summed E-state index contributed by atoms with van der Waals surface area (Å²) in [4.78, 5) is 21.4. The summed E-state index contributed by atoms with van der Waals surface area (Å²) in [5.74, 6) is 1.68. The molecule has 11 heteroatoms. The van der Waals surface area contributed by atoms with Crippen LogP contribution in [0.5, 0.6) is 0 Å². The average molecular weight is 522 g/mol. The quantitative estimate of drug-likeness (QED) is 0.306. The number of fused-ring (bicyclic) bond motifs is 1. The summed E-state index contributed by atoms with van der Waals surface area (Å²) < 4.78 is 21.2. The number of H-pyrrole nitrogens is 1. The van der Waals surface area contributed by atoms with Gasteiger partial charge in [0.2, 0.25) is 5.95 Å². The molecule has 4 fully saturated rings. The van der Waals surface area contributed by atoms with Crippen LogP contribution in [-0.2, 0) is 4.74 Å². The molecule has 1 amide bonds. The number of nitrogens with zero attached hydrogens (tertiary/aromatic N) is 4. The van der Waals surface area contributed by atoms with Crippen molar-refractivity contribution in [2.24, 2.45) is 5.92 Å². The first-order valence-corrected chi connectivity index (χ1v) is 12.9. The van der Waals surface area contributed by atoms with Gasteiger partial charge in [0.05, 0.1) is 10.7 Å². The molecule has 0 spiro atoms. The smallest absolute Gasteiger partial charge is 0.407 e. The van der Waals surface area contributed by atoms with Gasteiger partial charge >= 0.3 is 6.09 Å². The highest BCUT2D eigenvalue weighted by atomic mass is 35.5. The maximum Gasteiger partial charge on any atom is 0.407 e. The summed E-state index contributed by atoms with van der Waals surface area (Å²) >= 11 is 5.99. The maximum absolute atomic E-state index is 13.7. The minimum Gasteiger partial charge on any atom is -0.446 e. The Kier molecular flexibility index (Phi) is 5.14. The molecular weight excluding hydrogens is 497 g/mol. The minimum absolute atomic E-state index is 0.0264. The SMILES string of the molecule is O=C(NC12CC(C1)C2)OC1CCC(c2cc(Nc3nc(-c4ccc(F)c(Cl)c4)cc4nccn34)n[nH]2)C1. The van der Waals surface area contributed by atoms with E-state index in [1.807, 2.05) is 16.5 Å². The number of anilines is 2. The van der Waals surface area contributed by atoms with E-state index in [9.17, 15) is 9.18 Å². The van der Waals surface area contributed by atoms with Crippen molar-refractivity contribution in [3.63, 3.8) is 0 Å². The van der Waals surface area contributed by atoms with E-state index in [0.29, 0.717) is 28.7 Å². The van der Waals surface area contributed by atoms with Gasteiger partial charge in [-0.2, -0.15) is 5.10 Å². The van der Waals surface area contributed by atoms with E-state index in [4.69, 9.17) is 21.3 Å². The van der Waals surface area contributed by atoms with Crippen molar-refractivity contribution in [3.8, 4) is 11.3 Å². The van der Waals surface area contributed by atoms with Crippen LogP contribution in [0.25, 0.3) is 16.9 Å². The summed E-state index contributed by atoms with van der Waals surface area (Å²) in [6.45, 7) is 0. The van der Waals surface area contributed by atoms with E-state index in [2.05, 4.69) is 25.8 Å². The Labute approximate surface area is 216 Å². The number of hydrogen-bond donors (Lipinski definition) is 3. The third kappa shape index (κ3) is 4.09. The number of rotatable bonds is 6. The zero-order chi connectivity index (χ0) is 25.1. The van der Waals surface area contributed by atoms with Gasteiger partial charge in [0, 0.05) is 47.2 Å². The second kappa shape index (κ2) is 8.44. The summed E-state index contributed by atoms with van der Waals surface area (Å²) in [6.07, 6.45) is 8.90. The van der Waals surface area contributed by atoms with Crippen LogP contribution in [0.15, 0.2) is 42.7 Å². The topological polar surface area (TPSA) is 109 Å². The number of aromatic nitrogens is 5. The van der Waals surface area contributed by atoms with Crippen molar-refractivity contribution in [3.05, 3.63) is 59.3 Å². The normalized spacial score (nSPS) is 25.9. The van der Waals surface area contributed by atoms with Gasteiger partial charge < -0.3 is 15.4 Å². The zero-order valence-corrected chi connectivity index (χ0v) is 20.6. The van der Waals surface area contributed by atoms with Crippen LogP contribution >= 0.6 is 11.6 Å². The number of carbonyl (C=O) groups excluding carboxylic acids is 1. The first-order valence-electron chi connectivity index (χ1n) is 12.5. The van der Waals surface area contributed by atoms with E-state index in [1.165, 1.54) is 6.07 Å². The second-order valence-corrected chi connectivity index (χ2v) is 10.9. The first kappa shape index (κ1) is 22.5. The number of amides is 1. The molecule has 2 atom stereocenters. The Bertz CT molecular complexity index is 1500. The number of benzene rings is 1. The van der Waals surface area contributed by atoms with Gasteiger partial charge in [-0.25, -0.2) is 19.2 Å². The molecule has 9 nitrogen and oxygen atoms in total. The lowest BCUT2D eigenvalue weighted by atomic mass is 9.50. The van der Waals surface area contributed by atoms with E-state index in [-0.39, 0.29) is 28.7 Å². The van der Waals surface area contributed by atoms with E-state index < -0.39 is 5.82 Å². The van der Waals surface area contributed by atoms with Crippen LogP contribution in [0.2, 0.25) is 5.02 Å². The third-order valence-electron chi connectivity index (χ3n) is 7.95. The number of aromatic amines is 1. The molecule has 2 unspecified atom stereocenters. The molecule has 0 radical (unpaired) electrons. The van der Waals surface area contributed by atoms with Crippen LogP contribution in [0.1, 0.15) is 50.1 Å². The molecule has 4 aliphatic carbocycles. The van der Waals surface area contributed by atoms with Crippen molar-refractivity contribution in [2.75, 3.05) is 5.32 Å². The van der Waals surface area contributed by atoms with Gasteiger partial charge in [0.25, 0.3) is 0 Å². The Morgan fingerprint density at radius 1 is 1.22 bits per heavy atom. The Morgan fingerprint density at radius 3 is 2.86 bits per heavy atom. The molecule has 2 bridgehead atoms. The van der Waals surface area contributed by atoms with Gasteiger partial charge in [-0.15, -0.1) is 0 Å². The highest BCUT2D eigenvalue weighted by molar-refractivity contribution is 6.31. The molecule has 4 saturated carbocycles. The molecule has 4 aliphatic rings. The summed E-state index contributed by atoms with van der Waals surface area (Å²) in [5.41, 5.74) is 2.97. The van der Waals surface area contributed by atoms with Crippen molar-refractivity contribution in [2.45, 2.75) is 56.1 Å². The molecule has 8 rings (SSSR count). The number of halogens is 2. The van der Waals surface area contributed by atoms with Gasteiger partial charge in [0.15, 0.2) is 5.82 Å². The van der Waals surface area contributed by atoms with Crippen LogP contribution < -0.4 is 10.6 Å². The van der Waals surface area contributed by atoms with Crippen LogP contribution in [0, 0.1) is 11.7 Å². The summed E-state index contributed by atoms with van der Waals surface area (Å²) in [5, 5.41) is 13.9. The molecular formula is C26H25ClFN7O2. The van der Waals surface area contributed by atoms with Crippen LogP contribution in [0.4, 0.5) is 21.0 Å². The highest BCUT2D eigenvalue weighted by Gasteiger charge is 2.57. The Hall–Kier alpha value is -3.66. The Morgan fingerprint density at radius 2 is 2.08 bits per heavy atom. The number of nitrogens with one attached hydrogen (secondary N) is 3. The predicted molar refractivity (Wildman–Crippen MR) is 135 cm³/mol. The number of alkyl carbamates (subject to hydrolysis) is 1. The van der Waals surface area contributed by atoms with Gasteiger partial charge in [0.1, 0.15) is 17.6 Å². The average Bonchev–Trinajstić information content (AvgIpc) is 3.58. The lowest BCUT2D eigenvalue weighted by Crippen LogP contribution is -2.68. The van der Waals surface area contributed by atoms with E-state index in [1.54, 1.807) is 24.5 Å². The van der Waals surface area contributed by atoms with Crippen molar-refractivity contribution < 1.29 is 13.9 Å². The first-order chi connectivity index (χ1) is 17.9. The molecule has 3 aromatic heterocycles. The molecule has 0 saturated heterocycles. The second-order valence-electron chi connectivity index (χ2n) is 10.5. The molecule has 3 N–H and O–H groups in total. The highest BCUT2D eigenvalue weighted by Crippen LogP contribution is 2.57. The lowest BCUT2D eigenvalue weighted by molar-refractivity contribution is -0.0506. The minimum atomic E-state index is -0.482. The number of carbonyl (C=O) groups is 1. The molecule has 0 aliphatic heterocycles. The molecule has 3 heterocycles. The molecule has 4 aromatic rings. The van der Waals surface area contributed by atoms with Crippen molar-refractivity contribution in [1.29, 1.82) is 0 Å². The number of ether oxygens (including phenoxy) is 1. The molecule has 190 valence electrons. The van der Waals surface area contributed by atoms with Crippen LogP contribution in [-0.4, -0.2) is 42.3 Å². The predicted octanol–water partition coefficient (Wildman–Crippen LogP) is 5.57. The molecule has 1 aromatic carbocycles. The van der Waals surface area contributed by atoms with Crippen molar-refractivity contribution in [1.82, 2.24) is 29.9 Å². The standard InChI is InChI=1S/C26H25ClFN7O2/c27-18-8-16(2-4-19(18)28)20-10-23-29-5-6-35(23)24(30-20)31-22-9-21(33-34-22)15-1-3-17(7-15)37-25(36)32-26-11-14(12-26)13-26/h2,4-6,8-10,14-15,17H,1,3,7,11-13H2,(H,32,36)(H2,30,31,33,34). The molecule has 37 heavy (non-hydrogen) atoms. The summed E-state index contributed by atoms with van der Waals surface area (Å²) in [7, 11) is 0. The largest absolute Gasteiger partial charge is 0.446 e. The number of imidazole rings is 1. The monoisotopic (exact) mass is 521 g/mol. The zero-order valence-electron chi connectivity index (χ0n) is 19.9. The fourth-order valence-electron chi connectivity index (χ4n) is 5.90.